The summed E-state index contributed by atoms with van der Waals surface area (Å²) in [7, 11) is 0. The third-order valence-corrected chi connectivity index (χ3v) is 4.08. The lowest BCUT2D eigenvalue weighted by molar-refractivity contribution is -0.143. The van der Waals surface area contributed by atoms with Gasteiger partial charge in [-0.1, -0.05) is 0 Å². The van der Waals surface area contributed by atoms with Crippen LogP contribution in [-0.2, 0) is 12.7 Å². The minimum Gasteiger partial charge on any atom is -0.385 e. The summed E-state index contributed by atoms with van der Waals surface area (Å²) in [6, 6.07) is 0. The van der Waals surface area contributed by atoms with Gasteiger partial charge in [-0.3, -0.25) is 4.68 Å². The Kier molecular flexibility index (Phi) is 3.25. The van der Waals surface area contributed by atoms with Crippen LogP contribution in [0.25, 0.3) is 0 Å². The van der Waals surface area contributed by atoms with E-state index in [1.807, 2.05) is 0 Å². The molecule has 4 atom stereocenters. The second-order valence-electron chi connectivity index (χ2n) is 5.61. The lowest BCUT2D eigenvalue weighted by Crippen LogP contribution is -2.17. The summed E-state index contributed by atoms with van der Waals surface area (Å²) >= 11 is 0. The highest BCUT2D eigenvalue weighted by Crippen LogP contribution is 2.52. The van der Waals surface area contributed by atoms with E-state index in [4.69, 9.17) is 0 Å². The van der Waals surface area contributed by atoms with E-state index in [0.29, 0.717) is 4.68 Å². The molecule has 0 saturated heterocycles. The molecule has 2 aliphatic carbocycles. The SMILES string of the molecule is O[C@H]1c2c(C(F)(F)F)nn(CCC3CC3(F)F)c2[C@@H](F)[C@H]1F. The number of aryl methyl sites for hydroxylation is 1. The average Bonchev–Trinajstić information content (AvgIpc) is 2.77. The maximum Gasteiger partial charge on any atom is 0.435 e. The van der Waals surface area contributed by atoms with Crippen LogP contribution < -0.4 is 0 Å². The topological polar surface area (TPSA) is 38.1 Å². The largest absolute Gasteiger partial charge is 0.435 e. The van der Waals surface area contributed by atoms with Crippen LogP contribution >= 0.6 is 0 Å². The third-order valence-electron chi connectivity index (χ3n) is 4.08. The number of rotatable bonds is 3. The van der Waals surface area contributed by atoms with E-state index in [1.54, 1.807) is 0 Å². The quantitative estimate of drug-likeness (QED) is 0.862. The van der Waals surface area contributed by atoms with Gasteiger partial charge in [-0.25, -0.2) is 17.6 Å². The number of alkyl halides is 7. The minimum absolute atomic E-state index is 0.196. The normalized spacial score (nSPS) is 33.1. The van der Waals surface area contributed by atoms with Crippen molar-refractivity contribution >= 4 is 0 Å². The van der Waals surface area contributed by atoms with Crippen molar-refractivity contribution in [2.24, 2.45) is 5.92 Å². The van der Waals surface area contributed by atoms with Crippen LogP contribution in [-0.4, -0.2) is 27.0 Å². The molecule has 124 valence electrons. The van der Waals surface area contributed by atoms with Crippen molar-refractivity contribution in [3.05, 3.63) is 17.0 Å². The van der Waals surface area contributed by atoms with E-state index < -0.39 is 60.0 Å². The first-order valence-electron chi connectivity index (χ1n) is 6.56. The molecule has 1 fully saturated rings. The van der Waals surface area contributed by atoms with Gasteiger partial charge in [0, 0.05) is 24.4 Å². The number of nitrogens with zero attached hydrogens (tertiary/aromatic N) is 2. The predicted octanol–water partition coefficient (Wildman–Crippen LogP) is 3.34. The summed E-state index contributed by atoms with van der Waals surface area (Å²) in [5.74, 6) is -3.85. The maximum absolute atomic E-state index is 13.8. The molecule has 1 aromatic heterocycles. The Bertz CT molecular complexity index is 597. The van der Waals surface area contributed by atoms with Crippen molar-refractivity contribution < 1.29 is 35.8 Å². The zero-order chi connectivity index (χ0) is 16.4. The molecule has 0 spiro atoms. The minimum atomic E-state index is -5.00. The molecule has 22 heavy (non-hydrogen) atoms. The summed E-state index contributed by atoms with van der Waals surface area (Å²) in [5.41, 5.74) is -3.22. The molecule has 1 unspecified atom stereocenters. The van der Waals surface area contributed by atoms with Crippen molar-refractivity contribution in [1.29, 1.82) is 0 Å². The van der Waals surface area contributed by atoms with Crippen molar-refractivity contribution in [3.63, 3.8) is 0 Å². The molecule has 1 N–H and O–H groups in total. The highest BCUT2D eigenvalue weighted by molar-refractivity contribution is 5.38. The molecule has 3 rings (SSSR count). The Morgan fingerprint density at radius 3 is 2.36 bits per heavy atom. The van der Waals surface area contributed by atoms with Gasteiger partial charge in [0.05, 0.1) is 5.69 Å². The molecule has 0 aromatic carbocycles. The lowest BCUT2D eigenvalue weighted by Gasteiger charge is -2.12. The first-order chi connectivity index (χ1) is 10.0. The smallest absolute Gasteiger partial charge is 0.385 e. The summed E-state index contributed by atoms with van der Waals surface area (Å²) in [6.07, 6.45) is -12.8. The Labute approximate surface area is 119 Å². The van der Waals surface area contributed by atoms with Crippen LogP contribution in [0.3, 0.4) is 0 Å². The monoisotopic (exact) mass is 332 g/mol. The second kappa shape index (κ2) is 4.59. The first-order valence-corrected chi connectivity index (χ1v) is 6.56. The molecule has 1 saturated carbocycles. The maximum atomic E-state index is 13.8. The van der Waals surface area contributed by atoms with Crippen LogP contribution in [0, 0.1) is 5.92 Å². The van der Waals surface area contributed by atoms with E-state index in [9.17, 15) is 35.8 Å². The van der Waals surface area contributed by atoms with Crippen LogP contribution in [0.1, 0.15) is 42.1 Å². The number of halogens is 7. The van der Waals surface area contributed by atoms with E-state index in [2.05, 4.69) is 5.10 Å². The highest BCUT2D eigenvalue weighted by Gasteiger charge is 2.56. The van der Waals surface area contributed by atoms with Crippen LogP contribution in [0.2, 0.25) is 0 Å². The summed E-state index contributed by atoms with van der Waals surface area (Å²) < 4.78 is 92.0. The van der Waals surface area contributed by atoms with Gasteiger partial charge in [0.2, 0.25) is 0 Å². The average molecular weight is 332 g/mol. The molecule has 0 bridgehead atoms. The zero-order valence-corrected chi connectivity index (χ0v) is 10.9. The van der Waals surface area contributed by atoms with Crippen molar-refractivity contribution in [2.75, 3.05) is 0 Å². The van der Waals surface area contributed by atoms with Gasteiger partial charge in [-0.2, -0.15) is 18.3 Å². The van der Waals surface area contributed by atoms with Gasteiger partial charge < -0.3 is 5.11 Å². The fourth-order valence-corrected chi connectivity index (χ4v) is 2.78. The number of hydrogen-bond acceptors (Lipinski definition) is 2. The fourth-order valence-electron chi connectivity index (χ4n) is 2.78. The Hall–Kier alpha value is -1.32. The number of aliphatic hydroxyl groups excluding tert-OH is 1. The number of aromatic nitrogens is 2. The van der Waals surface area contributed by atoms with Crippen LogP contribution in [0.15, 0.2) is 0 Å². The second-order valence-corrected chi connectivity index (χ2v) is 5.61. The molecule has 2 aliphatic rings. The van der Waals surface area contributed by atoms with Gasteiger partial charge in [-0.05, 0) is 6.42 Å². The Balaban J connectivity index is 1.93. The van der Waals surface area contributed by atoms with Gasteiger partial charge in [0.15, 0.2) is 18.0 Å². The fraction of sp³-hybridized carbons (Fsp3) is 0.750. The van der Waals surface area contributed by atoms with Gasteiger partial charge >= 0.3 is 6.18 Å². The molecule has 1 heterocycles. The van der Waals surface area contributed by atoms with E-state index >= 15 is 0 Å². The molecule has 1 aromatic rings. The van der Waals surface area contributed by atoms with E-state index in [1.165, 1.54) is 0 Å². The zero-order valence-electron chi connectivity index (χ0n) is 10.9. The van der Waals surface area contributed by atoms with Crippen molar-refractivity contribution in [1.82, 2.24) is 9.78 Å². The van der Waals surface area contributed by atoms with Crippen LogP contribution in [0.4, 0.5) is 30.7 Å². The van der Waals surface area contributed by atoms with Crippen molar-refractivity contribution in [2.45, 2.75) is 49.9 Å². The molecular formula is C12H11F7N2O. The number of hydrogen-bond donors (Lipinski definition) is 1. The van der Waals surface area contributed by atoms with Gasteiger partial charge in [0.25, 0.3) is 5.92 Å². The molecule has 0 aliphatic heterocycles. The highest BCUT2D eigenvalue weighted by atomic mass is 19.4. The molecular weight excluding hydrogens is 321 g/mol. The summed E-state index contributed by atoms with van der Waals surface area (Å²) in [6.45, 7) is -0.390. The van der Waals surface area contributed by atoms with E-state index in [-0.39, 0.29) is 12.8 Å². The predicted molar refractivity (Wildman–Crippen MR) is 58.6 cm³/mol. The molecule has 3 nitrogen and oxygen atoms in total. The standard InChI is InChI=1S/C12H11F7N2O/c13-6-7(14)9(22)5-8(6)21(20-10(5)12(17,18)19)2-1-4-3-11(4,15)16/h4,6-7,9,22H,1-3H2/t4?,6-,7+,9-/m0/s1. The molecule has 10 heteroatoms. The van der Waals surface area contributed by atoms with Crippen LogP contribution in [0.5, 0.6) is 0 Å². The summed E-state index contributed by atoms with van der Waals surface area (Å²) in [5, 5.41) is 12.6. The van der Waals surface area contributed by atoms with Gasteiger partial charge in [-0.15, -0.1) is 0 Å². The van der Waals surface area contributed by atoms with Crippen molar-refractivity contribution in [3.8, 4) is 0 Å². The van der Waals surface area contributed by atoms with E-state index in [0.717, 1.165) is 0 Å². The molecule has 0 amide bonds. The number of aliphatic hydroxyl groups is 1. The summed E-state index contributed by atoms with van der Waals surface area (Å²) in [4.78, 5) is 0. The molecule has 0 radical (unpaired) electrons. The third kappa shape index (κ3) is 2.27. The Morgan fingerprint density at radius 1 is 1.27 bits per heavy atom. The lowest BCUT2D eigenvalue weighted by atomic mass is 10.1. The first kappa shape index (κ1) is 15.6. The van der Waals surface area contributed by atoms with Gasteiger partial charge in [0.1, 0.15) is 6.10 Å². The number of fused-ring (bicyclic) bond motifs is 1. The Morgan fingerprint density at radius 2 is 1.86 bits per heavy atom.